The summed E-state index contributed by atoms with van der Waals surface area (Å²) in [5.74, 6) is -6.17. The summed E-state index contributed by atoms with van der Waals surface area (Å²) in [6.07, 6.45) is 2.25. The van der Waals surface area contributed by atoms with Crippen LogP contribution in [0.3, 0.4) is 0 Å². The van der Waals surface area contributed by atoms with Crippen molar-refractivity contribution in [3.63, 3.8) is 0 Å². The van der Waals surface area contributed by atoms with Crippen LogP contribution in [0.25, 0.3) is 5.78 Å². The van der Waals surface area contributed by atoms with Gasteiger partial charge in [-0.2, -0.15) is 23.4 Å². The highest BCUT2D eigenvalue weighted by atomic mass is 19.4. The fourth-order valence-electron chi connectivity index (χ4n) is 7.26. The molecule has 3 atom stereocenters. The number of carbonyl (C=O) groups excluding carboxylic acids is 2. The largest absolute Gasteiger partial charge is 0.393 e. The van der Waals surface area contributed by atoms with Gasteiger partial charge >= 0.3 is 6.18 Å². The molecule has 1 spiro atoms. The van der Waals surface area contributed by atoms with E-state index in [1.807, 2.05) is 6.92 Å². The molecular formula is C32H38F5N9O2. The molecule has 0 unspecified atom stereocenters. The smallest absolute Gasteiger partial charge is 0.355 e. The molecule has 2 amide bonds. The zero-order chi connectivity index (χ0) is 33.8. The van der Waals surface area contributed by atoms with Crippen LogP contribution in [0.15, 0.2) is 30.1 Å². The van der Waals surface area contributed by atoms with Gasteiger partial charge in [-0.25, -0.2) is 23.3 Å². The number of fused-ring (bicyclic) bond motifs is 1. The monoisotopic (exact) mass is 675 g/mol. The average molecular weight is 676 g/mol. The van der Waals surface area contributed by atoms with E-state index >= 15 is 0 Å². The fraction of sp³-hybridized carbons (Fsp3) is 0.625. The Morgan fingerprint density at radius 1 is 1.17 bits per heavy atom. The first-order valence-corrected chi connectivity index (χ1v) is 16.5. The van der Waals surface area contributed by atoms with E-state index < -0.39 is 54.8 Å². The maximum absolute atomic E-state index is 14.1. The first kappa shape index (κ1) is 32.6. The summed E-state index contributed by atoms with van der Waals surface area (Å²) < 4.78 is 72.1. The van der Waals surface area contributed by atoms with Crippen LogP contribution in [0.2, 0.25) is 0 Å². The number of piperidine rings is 1. The van der Waals surface area contributed by atoms with Gasteiger partial charge < -0.3 is 10.6 Å². The maximum Gasteiger partial charge on any atom is 0.393 e. The number of likely N-dealkylation sites (tertiary alicyclic amines) is 1. The van der Waals surface area contributed by atoms with Gasteiger partial charge in [0.1, 0.15) is 5.69 Å². The van der Waals surface area contributed by atoms with Gasteiger partial charge in [0, 0.05) is 57.6 Å². The molecule has 2 saturated heterocycles. The topological polar surface area (TPSA) is 122 Å². The molecule has 2 N–H and O–H groups in total. The second kappa shape index (κ2) is 12.2. The number of nitrogens with one attached hydrogen (secondary N) is 2. The Bertz CT molecular complexity index is 1740. The summed E-state index contributed by atoms with van der Waals surface area (Å²) in [5, 5.41) is 14.3. The summed E-state index contributed by atoms with van der Waals surface area (Å²) in [5.41, 5.74) is 2.46. The zero-order valence-electron chi connectivity index (χ0n) is 26.6. The van der Waals surface area contributed by atoms with Crippen molar-refractivity contribution in [3.8, 4) is 0 Å². The number of nitrogens with zero attached hydrogens (tertiary/aromatic N) is 7. The van der Waals surface area contributed by atoms with Gasteiger partial charge in [-0.3, -0.25) is 19.2 Å². The van der Waals surface area contributed by atoms with Gasteiger partial charge in [-0.1, -0.05) is 6.08 Å². The van der Waals surface area contributed by atoms with E-state index in [1.165, 1.54) is 34.3 Å². The highest BCUT2D eigenvalue weighted by Gasteiger charge is 2.48. The van der Waals surface area contributed by atoms with Crippen LogP contribution >= 0.6 is 0 Å². The number of rotatable bonds is 9. The fourth-order valence-corrected chi connectivity index (χ4v) is 7.26. The number of aryl methyl sites for hydroxylation is 1. The Hall–Kier alpha value is -3.95. The summed E-state index contributed by atoms with van der Waals surface area (Å²) in [4.78, 5) is 38.0. The van der Waals surface area contributed by atoms with E-state index in [9.17, 15) is 31.5 Å². The molecule has 1 saturated carbocycles. The first-order valence-electron chi connectivity index (χ1n) is 16.5. The predicted molar refractivity (Wildman–Crippen MR) is 162 cm³/mol. The summed E-state index contributed by atoms with van der Waals surface area (Å²) in [6, 6.07) is 0.702. The van der Waals surface area contributed by atoms with Crippen LogP contribution < -0.4 is 10.6 Å². The van der Waals surface area contributed by atoms with Crippen molar-refractivity contribution < 1.29 is 31.5 Å². The van der Waals surface area contributed by atoms with Gasteiger partial charge in [0.25, 0.3) is 17.6 Å². The zero-order valence-corrected chi connectivity index (χ0v) is 26.6. The first-order chi connectivity index (χ1) is 22.8. The van der Waals surface area contributed by atoms with E-state index in [0.29, 0.717) is 46.9 Å². The third kappa shape index (κ3) is 6.67. The molecule has 3 aromatic heterocycles. The number of imidazole rings is 1. The van der Waals surface area contributed by atoms with Crippen molar-refractivity contribution in [2.24, 2.45) is 17.3 Å². The quantitative estimate of drug-likeness (QED) is 0.255. The molecule has 16 heteroatoms. The third-order valence-electron chi connectivity index (χ3n) is 10.3. The van der Waals surface area contributed by atoms with E-state index in [-0.39, 0.29) is 31.5 Å². The van der Waals surface area contributed by atoms with Crippen molar-refractivity contribution in [1.29, 1.82) is 0 Å². The third-order valence-corrected chi connectivity index (χ3v) is 10.3. The molecule has 4 aliphatic rings. The van der Waals surface area contributed by atoms with Crippen molar-refractivity contribution >= 4 is 17.6 Å². The molecule has 0 radical (unpaired) electrons. The highest BCUT2D eigenvalue weighted by molar-refractivity contribution is 5.93. The Kier molecular flexibility index (Phi) is 8.27. The predicted octanol–water partition coefficient (Wildman–Crippen LogP) is 4.40. The molecule has 0 aromatic carbocycles. The second-order valence-corrected chi connectivity index (χ2v) is 13.8. The van der Waals surface area contributed by atoms with Crippen LogP contribution in [-0.4, -0.2) is 77.8 Å². The molecule has 2 aliphatic carbocycles. The molecule has 7 rings (SSSR count). The standard InChI is InChI=1S/C32H38F5N9O2/c1-2-45-25(5-11-39-45)28(48)42-26(19-3-6-31(33,34)7-4-19)24-17-46-29(41-24)40-23(16-44-12-10-30(18-44)8-9-30)22(43-46)14-20-13-21(32(35,36)37)15-38-27(20)47/h3,5,11,17,20-21,26H,2,4,6-10,12-16,18H2,1H3,(H,38,47)(H,42,48)/t20-,21-,26+/m1/s1. The van der Waals surface area contributed by atoms with Crippen LogP contribution in [0.5, 0.6) is 0 Å². The normalized spacial score (nSPS) is 24.5. The lowest BCUT2D eigenvalue weighted by molar-refractivity contribution is -0.183. The van der Waals surface area contributed by atoms with Crippen LogP contribution in [-0.2, 0) is 24.3 Å². The van der Waals surface area contributed by atoms with E-state index in [1.54, 1.807) is 12.3 Å². The van der Waals surface area contributed by atoms with E-state index in [0.717, 1.165) is 19.5 Å². The number of amides is 2. The number of halogens is 5. The Morgan fingerprint density at radius 2 is 1.98 bits per heavy atom. The molecule has 11 nitrogen and oxygen atoms in total. The molecule has 3 aromatic rings. The number of aromatic nitrogens is 6. The van der Waals surface area contributed by atoms with Crippen LogP contribution in [0, 0.1) is 17.3 Å². The molecule has 0 bridgehead atoms. The lowest BCUT2D eigenvalue weighted by Gasteiger charge is -2.30. The highest BCUT2D eigenvalue weighted by Crippen LogP contribution is 2.52. The average Bonchev–Trinajstić information content (AvgIpc) is 3.35. The minimum absolute atomic E-state index is 0.0318. The maximum atomic E-state index is 14.1. The summed E-state index contributed by atoms with van der Waals surface area (Å²) in [6.45, 7) is 3.98. The second-order valence-electron chi connectivity index (χ2n) is 13.8. The number of carbonyl (C=O) groups is 2. The minimum atomic E-state index is -4.44. The van der Waals surface area contributed by atoms with Gasteiger partial charge in [0.15, 0.2) is 0 Å². The summed E-state index contributed by atoms with van der Waals surface area (Å²) in [7, 11) is 0. The molecule has 2 aliphatic heterocycles. The lowest BCUT2D eigenvalue weighted by Crippen LogP contribution is -2.47. The van der Waals surface area contributed by atoms with Crippen molar-refractivity contribution in [2.75, 3.05) is 19.6 Å². The van der Waals surface area contributed by atoms with Gasteiger partial charge in [-0.05, 0) is 62.6 Å². The summed E-state index contributed by atoms with van der Waals surface area (Å²) >= 11 is 0. The Balaban J connectivity index is 1.24. The molecule has 48 heavy (non-hydrogen) atoms. The number of hydrogen-bond donors (Lipinski definition) is 2. The van der Waals surface area contributed by atoms with Crippen molar-refractivity contribution in [2.45, 2.75) is 89.5 Å². The Morgan fingerprint density at radius 3 is 2.67 bits per heavy atom. The number of alkyl halides is 5. The van der Waals surface area contributed by atoms with E-state index in [4.69, 9.17) is 15.1 Å². The van der Waals surface area contributed by atoms with Crippen molar-refractivity contribution in [1.82, 2.24) is 44.9 Å². The Labute approximate surface area is 273 Å². The van der Waals surface area contributed by atoms with Crippen molar-refractivity contribution in [3.05, 3.63) is 52.9 Å². The van der Waals surface area contributed by atoms with Gasteiger partial charge in [0.2, 0.25) is 5.91 Å². The lowest BCUT2D eigenvalue weighted by atomic mass is 9.86. The molecule has 3 fully saturated rings. The number of allylic oxidation sites excluding steroid dienone is 1. The molecule has 5 heterocycles. The van der Waals surface area contributed by atoms with Gasteiger partial charge in [-0.15, -0.1) is 0 Å². The van der Waals surface area contributed by atoms with Crippen LogP contribution in [0.1, 0.15) is 85.5 Å². The SMILES string of the molecule is CCn1nccc1C(=O)N[C@@H](C1=CCC(F)(F)CC1)c1cn2nc(C[C@H]3C[C@@H](C(F)(F)F)CNC3=O)c(CN3CCC4(CC4)C3)nc2n1. The van der Waals surface area contributed by atoms with Gasteiger partial charge in [0.05, 0.1) is 35.2 Å². The molecular weight excluding hydrogens is 637 g/mol. The van der Waals surface area contributed by atoms with E-state index in [2.05, 4.69) is 20.6 Å². The number of hydrogen-bond acceptors (Lipinski definition) is 7. The van der Waals surface area contributed by atoms with Crippen LogP contribution in [0.4, 0.5) is 22.0 Å². The minimum Gasteiger partial charge on any atom is -0.355 e. The molecule has 258 valence electrons.